The van der Waals surface area contributed by atoms with Crippen LogP contribution in [0.3, 0.4) is 0 Å². The number of halogens is 1. The van der Waals surface area contributed by atoms with Crippen LogP contribution < -0.4 is 0 Å². The first kappa shape index (κ1) is 16.9. The van der Waals surface area contributed by atoms with Crippen molar-refractivity contribution in [1.82, 2.24) is 10.2 Å². The third-order valence-electron chi connectivity index (χ3n) is 3.00. The topological polar surface area (TPSA) is 100 Å². The number of aromatic nitrogens is 2. The molecule has 1 saturated carbocycles. The molecule has 0 atom stereocenters. The van der Waals surface area contributed by atoms with Gasteiger partial charge in [-0.05, 0) is 29.8 Å². The van der Waals surface area contributed by atoms with Gasteiger partial charge in [0.25, 0.3) is 0 Å². The molecule has 0 spiro atoms. The maximum absolute atomic E-state index is 11.2. The first-order valence-corrected chi connectivity index (χ1v) is 7.43. The van der Waals surface area contributed by atoms with Gasteiger partial charge in [0.1, 0.15) is 0 Å². The van der Waals surface area contributed by atoms with E-state index >= 15 is 0 Å². The molecule has 7 heteroatoms. The van der Waals surface area contributed by atoms with Gasteiger partial charge >= 0.3 is 11.9 Å². The molecule has 1 aromatic heterocycles. The summed E-state index contributed by atoms with van der Waals surface area (Å²) in [5, 5.41) is 25.8. The van der Waals surface area contributed by atoms with Gasteiger partial charge in [-0.25, -0.2) is 9.59 Å². The molecule has 1 aromatic carbocycles. The normalized spacial score (nSPS) is 12.0. The van der Waals surface area contributed by atoms with Gasteiger partial charge in [-0.2, -0.15) is 5.10 Å². The highest BCUT2D eigenvalue weighted by Gasteiger charge is 2.14. The minimum Gasteiger partial charge on any atom is -0.478 e. The molecule has 0 bridgehead atoms. The van der Waals surface area contributed by atoms with Crippen LogP contribution in [0.1, 0.15) is 51.2 Å². The summed E-state index contributed by atoms with van der Waals surface area (Å²) in [5.41, 5.74) is 0.856. The van der Waals surface area contributed by atoms with Crippen molar-refractivity contribution in [1.29, 1.82) is 0 Å². The van der Waals surface area contributed by atoms with Crippen LogP contribution in [-0.4, -0.2) is 32.3 Å². The number of hydrogen-bond donors (Lipinski definition) is 2. The second kappa shape index (κ2) is 7.69. The third-order valence-corrected chi connectivity index (χ3v) is 3.20. The van der Waals surface area contributed by atoms with Gasteiger partial charge < -0.3 is 10.2 Å². The fraction of sp³-hybridized carbons (Fsp3) is 0.250. The SMILES string of the molecule is C1CC1.O=C(O)c1ccc(Cc2ccc(Cl)nn2)c(C(=O)O)c1. The van der Waals surface area contributed by atoms with Crippen molar-refractivity contribution in [3.05, 3.63) is 57.9 Å². The van der Waals surface area contributed by atoms with Gasteiger partial charge in [0.15, 0.2) is 5.15 Å². The van der Waals surface area contributed by atoms with E-state index in [1.807, 2.05) is 0 Å². The number of rotatable bonds is 4. The number of carboxylic acids is 2. The van der Waals surface area contributed by atoms with Crippen LogP contribution in [0.4, 0.5) is 0 Å². The van der Waals surface area contributed by atoms with Gasteiger partial charge in [-0.15, -0.1) is 5.10 Å². The van der Waals surface area contributed by atoms with Crippen molar-refractivity contribution in [2.45, 2.75) is 25.7 Å². The highest BCUT2D eigenvalue weighted by Crippen LogP contribution is 2.16. The van der Waals surface area contributed by atoms with Crippen LogP contribution >= 0.6 is 11.6 Å². The fourth-order valence-corrected chi connectivity index (χ4v) is 1.80. The molecule has 0 aliphatic heterocycles. The molecule has 0 unspecified atom stereocenters. The van der Waals surface area contributed by atoms with Crippen LogP contribution in [0.15, 0.2) is 30.3 Å². The summed E-state index contributed by atoms with van der Waals surface area (Å²) >= 11 is 5.62. The van der Waals surface area contributed by atoms with E-state index in [4.69, 9.17) is 21.8 Å². The van der Waals surface area contributed by atoms with E-state index < -0.39 is 11.9 Å². The molecule has 23 heavy (non-hydrogen) atoms. The number of carboxylic acid groups (broad SMARTS) is 2. The summed E-state index contributed by atoms with van der Waals surface area (Å²) in [6.07, 6.45) is 4.73. The summed E-state index contributed by atoms with van der Waals surface area (Å²) in [4.78, 5) is 22.0. The second-order valence-electron chi connectivity index (χ2n) is 5.07. The Bertz CT molecular complexity index is 712. The van der Waals surface area contributed by atoms with Gasteiger partial charge in [0.2, 0.25) is 0 Å². The molecular formula is C16H15ClN2O4. The smallest absolute Gasteiger partial charge is 0.336 e. The van der Waals surface area contributed by atoms with E-state index in [1.54, 1.807) is 12.1 Å². The number of nitrogens with zero attached hydrogens (tertiary/aromatic N) is 2. The maximum atomic E-state index is 11.2. The largest absolute Gasteiger partial charge is 0.478 e. The Kier molecular flexibility index (Phi) is 5.65. The Morgan fingerprint density at radius 2 is 1.70 bits per heavy atom. The van der Waals surface area contributed by atoms with Crippen LogP contribution in [0.25, 0.3) is 0 Å². The summed E-state index contributed by atoms with van der Waals surface area (Å²) in [5.74, 6) is -2.37. The number of benzene rings is 1. The zero-order valence-electron chi connectivity index (χ0n) is 12.2. The monoisotopic (exact) mass is 334 g/mol. The zero-order chi connectivity index (χ0) is 16.8. The Labute approximate surface area is 137 Å². The van der Waals surface area contributed by atoms with Crippen LogP contribution in [0.2, 0.25) is 5.15 Å². The quantitative estimate of drug-likeness (QED) is 0.889. The van der Waals surface area contributed by atoms with E-state index in [1.165, 1.54) is 31.4 Å². The number of aromatic carboxylic acids is 2. The highest BCUT2D eigenvalue weighted by molar-refractivity contribution is 6.29. The Morgan fingerprint density at radius 1 is 1.00 bits per heavy atom. The molecule has 120 valence electrons. The average Bonchev–Trinajstić information content (AvgIpc) is 3.38. The van der Waals surface area contributed by atoms with Gasteiger partial charge in [-0.1, -0.05) is 36.9 Å². The van der Waals surface area contributed by atoms with Crippen molar-refractivity contribution in [2.75, 3.05) is 0 Å². The fourth-order valence-electron chi connectivity index (χ4n) is 1.70. The van der Waals surface area contributed by atoms with Gasteiger partial charge in [-0.3, -0.25) is 0 Å². The van der Waals surface area contributed by atoms with Crippen molar-refractivity contribution < 1.29 is 19.8 Å². The molecular weight excluding hydrogens is 320 g/mol. The molecule has 0 saturated heterocycles. The van der Waals surface area contributed by atoms with Crippen LogP contribution in [0.5, 0.6) is 0 Å². The average molecular weight is 335 g/mol. The first-order chi connectivity index (χ1) is 11.0. The standard InChI is InChI=1S/C13H9ClN2O4.C3H6/c14-11-4-3-9(15-16-11)5-7-1-2-8(12(17)18)6-10(7)13(19)20;1-2-3-1/h1-4,6H,5H2,(H,17,18)(H,19,20);1-3H2. The van der Waals surface area contributed by atoms with Crippen molar-refractivity contribution in [3.8, 4) is 0 Å². The molecule has 2 N–H and O–H groups in total. The highest BCUT2D eigenvalue weighted by atomic mass is 35.5. The number of carbonyl (C=O) groups is 2. The van der Waals surface area contributed by atoms with E-state index in [0.717, 1.165) is 6.07 Å². The van der Waals surface area contributed by atoms with Gasteiger partial charge in [0, 0.05) is 6.42 Å². The van der Waals surface area contributed by atoms with Crippen molar-refractivity contribution in [2.24, 2.45) is 0 Å². The third kappa shape index (κ3) is 5.34. The summed E-state index contributed by atoms with van der Waals surface area (Å²) in [6.45, 7) is 0. The van der Waals surface area contributed by atoms with Crippen molar-refractivity contribution in [3.63, 3.8) is 0 Å². The molecule has 0 radical (unpaired) electrons. The Morgan fingerprint density at radius 3 is 2.17 bits per heavy atom. The second-order valence-corrected chi connectivity index (χ2v) is 5.45. The molecule has 3 rings (SSSR count). The zero-order valence-corrected chi connectivity index (χ0v) is 13.0. The Hall–Kier alpha value is -2.47. The molecule has 1 aliphatic rings. The molecule has 1 heterocycles. The van der Waals surface area contributed by atoms with Gasteiger partial charge in [0.05, 0.1) is 16.8 Å². The number of hydrogen-bond acceptors (Lipinski definition) is 4. The minimum absolute atomic E-state index is 0.0679. The van der Waals surface area contributed by atoms with Crippen LogP contribution in [0, 0.1) is 0 Å². The molecule has 2 aromatic rings. The summed E-state index contributed by atoms with van der Waals surface area (Å²) < 4.78 is 0. The lowest BCUT2D eigenvalue weighted by atomic mass is 10.00. The molecule has 6 nitrogen and oxygen atoms in total. The summed E-state index contributed by atoms with van der Waals surface area (Å²) in [6, 6.07) is 7.13. The van der Waals surface area contributed by atoms with Crippen LogP contribution in [-0.2, 0) is 6.42 Å². The maximum Gasteiger partial charge on any atom is 0.336 e. The first-order valence-electron chi connectivity index (χ1n) is 7.05. The molecule has 1 fully saturated rings. The molecule has 0 amide bonds. The summed E-state index contributed by atoms with van der Waals surface area (Å²) in [7, 11) is 0. The minimum atomic E-state index is -1.19. The molecule has 1 aliphatic carbocycles. The van der Waals surface area contributed by atoms with Crippen molar-refractivity contribution >= 4 is 23.5 Å². The predicted octanol–water partition coefficient (Wildman–Crippen LogP) is 3.29. The lowest BCUT2D eigenvalue weighted by Gasteiger charge is -2.06. The van der Waals surface area contributed by atoms with E-state index in [9.17, 15) is 9.59 Å². The predicted molar refractivity (Wildman–Crippen MR) is 84.1 cm³/mol. The Balaban J connectivity index is 0.000000572. The lowest BCUT2D eigenvalue weighted by Crippen LogP contribution is -2.07. The van der Waals surface area contributed by atoms with E-state index in [2.05, 4.69) is 10.2 Å². The van der Waals surface area contributed by atoms with E-state index in [-0.39, 0.29) is 22.7 Å². The lowest BCUT2D eigenvalue weighted by molar-refractivity contribution is 0.0695. The van der Waals surface area contributed by atoms with E-state index in [0.29, 0.717) is 11.3 Å².